The number of methoxy groups -OCH3 is 2. The van der Waals surface area contributed by atoms with Gasteiger partial charge in [-0.25, -0.2) is 4.39 Å². The molecule has 84 valence electrons. The molecule has 1 aromatic rings. The van der Waals surface area contributed by atoms with E-state index in [0.717, 1.165) is 6.07 Å². The largest absolute Gasteiger partial charge is 0.496 e. The second-order valence-electron chi connectivity index (χ2n) is 2.97. The Labute approximate surface area is 92.2 Å². The van der Waals surface area contributed by atoms with E-state index < -0.39 is 17.7 Å². The monoisotopic (exact) mass is 223 g/mol. The highest BCUT2D eigenvalue weighted by molar-refractivity contribution is 5.82. The van der Waals surface area contributed by atoms with Gasteiger partial charge in [0, 0.05) is 5.56 Å². The maximum atomic E-state index is 13.0. The first kappa shape index (κ1) is 12.0. The predicted octanol–water partition coefficient (Wildman–Crippen LogP) is 1.61. The lowest BCUT2D eigenvalue weighted by molar-refractivity contribution is -0.141. The van der Waals surface area contributed by atoms with E-state index in [9.17, 15) is 9.18 Å². The number of nitriles is 1. The van der Waals surface area contributed by atoms with Gasteiger partial charge in [-0.1, -0.05) is 0 Å². The van der Waals surface area contributed by atoms with Gasteiger partial charge in [0.05, 0.1) is 20.3 Å². The number of rotatable bonds is 3. The first-order chi connectivity index (χ1) is 7.63. The van der Waals surface area contributed by atoms with Crippen LogP contribution >= 0.6 is 0 Å². The molecule has 0 aromatic heterocycles. The van der Waals surface area contributed by atoms with E-state index in [1.807, 2.05) is 0 Å². The zero-order chi connectivity index (χ0) is 12.1. The molecular formula is C11H10FNO3. The van der Waals surface area contributed by atoms with Crippen LogP contribution in [-0.2, 0) is 9.53 Å². The number of hydrogen-bond donors (Lipinski definition) is 0. The van der Waals surface area contributed by atoms with Crippen LogP contribution in [0, 0.1) is 17.1 Å². The van der Waals surface area contributed by atoms with Gasteiger partial charge in [0.1, 0.15) is 11.6 Å². The van der Waals surface area contributed by atoms with Crippen LogP contribution in [0.15, 0.2) is 18.2 Å². The van der Waals surface area contributed by atoms with E-state index in [-0.39, 0.29) is 11.3 Å². The lowest BCUT2D eigenvalue weighted by atomic mass is 9.99. The molecule has 0 fully saturated rings. The van der Waals surface area contributed by atoms with Crippen molar-refractivity contribution in [2.45, 2.75) is 5.92 Å². The average molecular weight is 223 g/mol. The Morgan fingerprint density at radius 2 is 2.19 bits per heavy atom. The minimum absolute atomic E-state index is 0.164. The number of carbonyl (C=O) groups excluding carboxylic acids is 1. The molecule has 0 saturated heterocycles. The second kappa shape index (κ2) is 5.12. The van der Waals surface area contributed by atoms with Crippen molar-refractivity contribution in [3.8, 4) is 11.8 Å². The molecule has 0 saturated carbocycles. The van der Waals surface area contributed by atoms with Gasteiger partial charge >= 0.3 is 5.97 Å². The SMILES string of the molecule is COC(=O)C(C#N)c1cc(F)ccc1OC. The molecule has 1 unspecified atom stereocenters. The Balaban J connectivity index is 3.23. The van der Waals surface area contributed by atoms with E-state index in [4.69, 9.17) is 10.00 Å². The van der Waals surface area contributed by atoms with Crippen molar-refractivity contribution in [2.24, 2.45) is 0 Å². The maximum Gasteiger partial charge on any atom is 0.327 e. The number of benzene rings is 1. The first-order valence-corrected chi connectivity index (χ1v) is 4.45. The van der Waals surface area contributed by atoms with Gasteiger partial charge in [-0.05, 0) is 18.2 Å². The number of carbonyl (C=O) groups is 1. The van der Waals surface area contributed by atoms with Crippen LogP contribution in [0.5, 0.6) is 5.75 Å². The van der Waals surface area contributed by atoms with Gasteiger partial charge in [-0.2, -0.15) is 5.26 Å². The van der Waals surface area contributed by atoms with Crippen molar-refractivity contribution in [2.75, 3.05) is 14.2 Å². The van der Waals surface area contributed by atoms with Crippen molar-refractivity contribution in [3.05, 3.63) is 29.6 Å². The average Bonchev–Trinajstić information content (AvgIpc) is 2.30. The van der Waals surface area contributed by atoms with Crippen LogP contribution in [0.2, 0.25) is 0 Å². The summed E-state index contributed by atoms with van der Waals surface area (Å²) in [6, 6.07) is 5.38. The summed E-state index contributed by atoms with van der Waals surface area (Å²) in [7, 11) is 2.54. The number of halogens is 1. The molecule has 0 heterocycles. The van der Waals surface area contributed by atoms with Gasteiger partial charge in [-0.3, -0.25) is 4.79 Å². The lowest BCUT2D eigenvalue weighted by Crippen LogP contribution is -2.13. The highest BCUT2D eigenvalue weighted by atomic mass is 19.1. The summed E-state index contributed by atoms with van der Waals surface area (Å²) < 4.78 is 22.4. The summed E-state index contributed by atoms with van der Waals surface area (Å²) in [6.45, 7) is 0. The number of hydrogen-bond acceptors (Lipinski definition) is 4. The quantitative estimate of drug-likeness (QED) is 0.730. The Hall–Kier alpha value is -2.09. The van der Waals surface area contributed by atoms with E-state index >= 15 is 0 Å². The van der Waals surface area contributed by atoms with Crippen molar-refractivity contribution >= 4 is 5.97 Å². The fourth-order valence-electron chi connectivity index (χ4n) is 1.30. The highest BCUT2D eigenvalue weighted by Crippen LogP contribution is 2.27. The summed E-state index contributed by atoms with van der Waals surface area (Å²) >= 11 is 0. The molecule has 16 heavy (non-hydrogen) atoms. The molecule has 0 spiro atoms. The third-order valence-corrected chi connectivity index (χ3v) is 2.07. The summed E-state index contributed by atoms with van der Waals surface area (Å²) in [5.41, 5.74) is 0.164. The molecule has 1 atom stereocenters. The molecule has 0 bridgehead atoms. The maximum absolute atomic E-state index is 13.0. The Morgan fingerprint density at radius 3 is 2.69 bits per heavy atom. The molecule has 1 aromatic carbocycles. The number of ether oxygens (including phenoxy) is 2. The molecular weight excluding hydrogens is 213 g/mol. The Bertz CT molecular complexity index is 439. The van der Waals surface area contributed by atoms with Crippen LogP contribution in [0.1, 0.15) is 11.5 Å². The molecule has 4 nitrogen and oxygen atoms in total. The lowest BCUT2D eigenvalue weighted by Gasteiger charge is -2.11. The van der Waals surface area contributed by atoms with E-state index in [1.165, 1.54) is 26.4 Å². The van der Waals surface area contributed by atoms with Crippen molar-refractivity contribution in [1.82, 2.24) is 0 Å². The van der Waals surface area contributed by atoms with Gasteiger partial charge < -0.3 is 9.47 Å². The molecule has 1 rings (SSSR count). The van der Waals surface area contributed by atoms with E-state index in [2.05, 4.69) is 4.74 Å². The van der Waals surface area contributed by atoms with Crippen LogP contribution < -0.4 is 4.74 Å². The Morgan fingerprint density at radius 1 is 1.50 bits per heavy atom. The molecule has 0 aliphatic carbocycles. The smallest absolute Gasteiger partial charge is 0.327 e. The van der Waals surface area contributed by atoms with Crippen LogP contribution in [0.3, 0.4) is 0 Å². The standard InChI is InChI=1S/C11H10FNO3/c1-15-10-4-3-7(12)5-8(10)9(6-13)11(14)16-2/h3-5,9H,1-2H3. The summed E-state index contributed by atoms with van der Waals surface area (Å²) in [4.78, 5) is 11.3. The number of nitrogens with zero attached hydrogens (tertiary/aromatic N) is 1. The highest BCUT2D eigenvalue weighted by Gasteiger charge is 2.24. The van der Waals surface area contributed by atoms with Crippen molar-refractivity contribution < 1.29 is 18.7 Å². The first-order valence-electron chi connectivity index (χ1n) is 4.45. The minimum Gasteiger partial charge on any atom is -0.496 e. The third-order valence-electron chi connectivity index (χ3n) is 2.07. The molecule has 0 radical (unpaired) electrons. The van der Waals surface area contributed by atoms with Crippen LogP contribution in [0.4, 0.5) is 4.39 Å². The molecule has 0 aliphatic heterocycles. The predicted molar refractivity (Wildman–Crippen MR) is 53.3 cm³/mol. The van der Waals surface area contributed by atoms with Crippen molar-refractivity contribution in [1.29, 1.82) is 5.26 Å². The molecule has 5 heteroatoms. The summed E-state index contributed by atoms with van der Waals surface area (Å²) in [5.74, 6) is -2.19. The van der Waals surface area contributed by atoms with Gasteiger partial charge in [-0.15, -0.1) is 0 Å². The minimum atomic E-state index is -1.18. The van der Waals surface area contributed by atoms with E-state index in [1.54, 1.807) is 6.07 Å². The zero-order valence-electron chi connectivity index (χ0n) is 8.86. The van der Waals surface area contributed by atoms with Crippen molar-refractivity contribution in [3.63, 3.8) is 0 Å². The fourth-order valence-corrected chi connectivity index (χ4v) is 1.30. The molecule has 0 aliphatic rings. The van der Waals surface area contributed by atoms with Crippen LogP contribution in [0.25, 0.3) is 0 Å². The fraction of sp³-hybridized carbons (Fsp3) is 0.273. The third kappa shape index (κ3) is 2.28. The Kier molecular flexibility index (Phi) is 3.84. The normalized spacial score (nSPS) is 11.4. The zero-order valence-corrected chi connectivity index (χ0v) is 8.86. The molecule has 0 N–H and O–H groups in total. The van der Waals surface area contributed by atoms with Gasteiger partial charge in [0.2, 0.25) is 0 Å². The summed E-state index contributed by atoms with van der Waals surface area (Å²) in [5, 5.41) is 8.86. The van der Waals surface area contributed by atoms with Crippen LogP contribution in [-0.4, -0.2) is 20.2 Å². The van der Waals surface area contributed by atoms with Gasteiger partial charge in [0.25, 0.3) is 0 Å². The summed E-state index contributed by atoms with van der Waals surface area (Å²) in [6.07, 6.45) is 0. The number of esters is 1. The molecule has 0 amide bonds. The van der Waals surface area contributed by atoms with Gasteiger partial charge in [0.15, 0.2) is 5.92 Å². The van der Waals surface area contributed by atoms with E-state index in [0.29, 0.717) is 0 Å². The second-order valence-corrected chi connectivity index (χ2v) is 2.97. The topological polar surface area (TPSA) is 59.3 Å².